The van der Waals surface area contributed by atoms with Crippen LogP contribution in [-0.2, 0) is 12.0 Å². The first-order valence-electron chi connectivity index (χ1n) is 8.00. The van der Waals surface area contributed by atoms with Gasteiger partial charge in [-0.05, 0) is 31.0 Å². The lowest BCUT2D eigenvalue weighted by Gasteiger charge is -2.17. The molecule has 0 saturated heterocycles. The average molecular weight is 431 g/mol. The number of aromatic nitrogens is 2. The van der Waals surface area contributed by atoms with Crippen molar-refractivity contribution in [3.8, 4) is 5.75 Å². The number of rotatable bonds is 6. The second kappa shape index (κ2) is 8.29. The molecule has 1 aromatic heterocycles. The van der Waals surface area contributed by atoms with Crippen molar-refractivity contribution < 1.29 is 14.1 Å². The van der Waals surface area contributed by atoms with E-state index in [1.54, 1.807) is 19.2 Å². The van der Waals surface area contributed by atoms with Gasteiger partial charge in [0.25, 0.3) is 0 Å². The Hall–Kier alpha value is -1.44. The highest BCUT2D eigenvalue weighted by Crippen LogP contribution is 2.34. The quantitative estimate of drug-likeness (QED) is 0.701. The van der Waals surface area contributed by atoms with Crippen LogP contribution in [0.4, 0.5) is 0 Å². The van der Waals surface area contributed by atoms with E-state index >= 15 is 0 Å². The molecule has 1 aliphatic carbocycles. The van der Waals surface area contributed by atoms with E-state index in [1.807, 2.05) is 6.07 Å². The predicted octanol–water partition coefficient (Wildman–Crippen LogP) is 3.81. The number of carbonyl (C=O) groups is 1. The smallest absolute Gasteiger partial charge is 0.227 e. The monoisotopic (exact) mass is 429 g/mol. The van der Waals surface area contributed by atoms with Crippen LogP contribution >= 0.6 is 28.3 Å². The molecule has 0 spiro atoms. The van der Waals surface area contributed by atoms with Gasteiger partial charge in [0, 0.05) is 17.3 Å². The number of carbonyl (C=O) groups excluding carboxylic acids is 1. The Labute approximate surface area is 161 Å². The van der Waals surface area contributed by atoms with Gasteiger partial charge in [-0.15, -0.1) is 12.4 Å². The summed E-state index contributed by atoms with van der Waals surface area (Å²) in [6.07, 6.45) is 4.58. The van der Waals surface area contributed by atoms with Crippen molar-refractivity contribution in [3.05, 3.63) is 40.0 Å². The van der Waals surface area contributed by atoms with Gasteiger partial charge in [0.1, 0.15) is 5.75 Å². The summed E-state index contributed by atoms with van der Waals surface area (Å²) in [5.74, 6) is 1.53. The van der Waals surface area contributed by atoms with E-state index in [0.29, 0.717) is 29.4 Å². The van der Waals surface area contributed by atoms with Gasteiger partial charge < -0.3 is 15.0 Å². The summed E-state index contributed by atoms with van der Waals surface area (Å²) in [5.41, 5.74) is 6.39. The number of ketones is 1. The molecule has 0 amide bonds. The molecular formula is C17H21BrClN3O3. The number of ether oxygens (including phenoxy) is 1. The Bertz CT molecular complexity index is 744. The fraction of sp³-hybridized carbons (Fsp3) is 0.471. The molecule has 3 rings (SSSR count). The number of nitrogens with zero attached hydrogens (tertiary/aromatic N) is 2. The number of nitrogens with two attached hydrogens (primary N) is 1. The van der Waals surface area contributed by atoms with Gasteiger partial charge in [-0.3, -0.25) is 4.79 Å². The fourth-order valence-electron chi connectivity index (χ4n) is 3.04. The van der Waals surface area contributed by atoms with E-state index in [-0.39, 0.29) is 24.6 Å². The molecule has 2 aromatic rings. The lowest BCUT2D eigenvalue weighted by molar-refractivity contribution is 0.0976. The molecule has 0 atom stereocenters. The van der Waals surface area contributed by atoms with Crippen LogP contribution in [0.25, 0.3) is 0 Å². The van der Waals surface area contributed by atoms with Crippen LogP contribution in [0.1, 0.15) is 54.2 Å². The molecule has 0 radical (unpaired) electrons. The van der Waals surface area contributed by atoms with E-state index in [1.165, 1.54) is 0 Å². The summed E-state index contributed by atoms with van der Waals surface area (Å²) in [4.78, 5) is 16.9. The molecule has 1 heterocycles. The standard InChI is InChI=1S/C17H20BrN3O3.ClH/c1-23-14-6-4-11(18)10-12(14)13(22)5-7-15-20-16(21-24-15)17(19)8-2-3-9-17;/h4,6,10H,2-3,5,7-9,19H2,1H3;1H. The van der Waals surface area contributed by atoms with Crippen LogP contribution in [0.2, 0.25) is 0 Å². The molecule has 2 N–H and O–H groups in total. The van der Waals surface area contributed by atoms with Crippen LogP contribution in [0.3, 0.4) is 0 Å². The minimum absolute atomic E-state index is 0. The Morgan fingerprint density at radius 1 is 1.40 bits per heavy atom. The van der Waals surface area contributed by atoms with Gasteiger partial charge in [-0.2, -0.15) is 4.98 Å². The summed E-state index contributed by atoms with van der Waals surface area (Å²) < 4.78 is 11.4. The number of hydrogen-bond donors (Lipinski definition) is 1. The molecule has 6 nitrogen and oxygen atoms in total. The second-order valence-electron chi connectivity index (χ2n) is 6.14. The SMILES string of the molecule is COc1ccc(Br)cc1C(=O)CCc1nc(C2(N)CCCC2)no1.Cl. The van der Waals surface area contributed by atoms with Gasteiger partial charge in [0.15, 0.2) is 11.6 Å². The van der Waals surface area contributed by atoms with Crippen LogP contribution < -0.4 is 10.5 Å². The fourth-order valence-corrected chi connectivity index (χ4v) is 3.40. The first-order valence-corrected chi connectivity index (χ1v) is 8.80. The normalized spacial score (nSPS) is 15.6. The Morgan fingerprint density at radius 3 is 2.80 bits per heavy atom. The van der Waals surface area contributed by atoms with Gasteiger partial charge in [0.05, 0.1) is 18.2 Å². The summed E-state index contributed by atoms with van der Waals surface area (Å²) >= 11 is 3.37. The van der Waals surface area contributed by atoms with E-state index in [2.05, 4.69) is 26.1 Å². The summed E-state index contributed by atoms with van der Waals surface area (Å²) in [6.45, 7) is 0. The van der Waals surface area contributed by atoms with E-state index in [4.69, 9.17) is 15.0 Å². The summed E-state index contributed by atoms with van der Waals surface area (Å²) in [6, 6.07) is 5.36. The Kier molecular flexibility index (Phi) is 6.59. The maximum Gasteiger partial charge on any atom is 0.227 e. The summed E-state index contributed by atoms with van der Waals surface area (Å²) in [7, 11) is 1.55. The van der Waals surface area contributed by atoms with Gasteiger partial charge >= 0.3 is 0 Å². The molecule has 1 fully saturated rings. The first kappa shape index (κ1) is 19.9. The molecule has 0 bridgehead atoms. The molecule has 1 aromatic carbocycles. The van der Waals surface area contributed by atoms with Gasteiger partial charge in [0.2, 0.25) is 5.89 Å². The van der Waals surface area contributed by atoms with Gasteiger partial charge in [-0.1, -0.05) is 33.9 Å². The van der Waals surface area contributed by atoms with E-state index < -0.39 is 5.54 Å². The second-order valence-corrected chi connectivity index (χ2v) is 7.06. The molecule has 8 heteroatoms. The third-order valence-corrected chi connectivity index (χ3v) is 4.93. The van der Waals surface area contributed by atoms with Crippen molar-refractivity contribution in [2.75, 3.05) is 7.11 Å². The van der Waals surface area contributed by atoms with Crippen molar-refractivity contribution in [3.63, 3.8) is 0 Å². The van der Waals surface area contributed by atoms with E-state index in [0.717, 1.165) is 30.2 Å². The number of halogens is 2. The van der Waals surface area contributed by atoms with Crippen LogP contribution in [0.5, 0.6) is 5.75 Å². The number of methoxy groups -OCH3 is 1. The largest absolute Gasteiger partial charge is 0.496 e. The summed E-state index contributed by atoms with van der Waals surface area (Å²) in [5, 5.41) is 4.01. The minimum atomic E-state index is -0.473. The first-order chi connectivity index (χ1) is 11.5. The zero-order valence-corrected chi connectivity index (χ0v) is 16.4. The van der Waals surface area contributed by atoms with Crippen molar-refractivity contribution in [1.82, 2.24) is 10.1 Å². The number of Topliss-reactive ketones (excluding diaryl/α,β-unsaturated/α-hetero) is 1. The molecule has 0 unspecified atom stereocenters. The number of hydrogen-bond acceptors (Lipinski definition) is 6. The lowest BCUT2D eigenvalue weighted by Crippen LogP contribution is -2.34. The predicted molar refractivity (Wildman–Crippen MR) is 99.2 cm³/mol. The van der Waals surface area contributed by atoms with Crippen LogP contribution in [0.15, 0.2) is 27.2 Å². The third kappa shape index (κ3) is 4.40. The maximum absolute atomic E-state index is 12.5. The van der Waals surface area contributed by atoms with Crippen LogP contribution in [0, 0.1) is 0 Å². The Balaban J connectivity index is 0.00000225. The molecular weight excluding hydrogens is 410 g/mol. The highest BCUT2D eigenvalue weighted by molar-refractivity contribution is 9.10. The third-order valence-electron chi connectivity index (χ3n) is 4.44. The lowest BCUT2D eigenvalue weighted by atomic mass is 9.98. The zero-order valence-electron chi connectivity index (χ0n) is 14.0. The molecule has 25 heavy (non-hydrogen) atoms. The highest BCUT2D eigenvalue weighted by atomic mass is 79.9. The van der Waals surface area contributed by atoms with Gasteiger partial charge in [-0.25, -0.2) is 0 Å². The molecule has 136 valence electrons. The van der Waals surface area contributed by atoms with Crippen molar-refractivity contribution in [1.29, 1.82) is 0 Å². The van der Waals surface area contributed by atoms with Crippen LogP contribution in [-0.4, -0.2) is 23.0 Å². The number of benzene rings is 1. The molecule has 1 saturated carbocycles. The maximum atomic E-state index is 12.5. The van der Waals surface area contributed by atoms with Crippen molar-refractivity contribution in [2.24, 2.45) is 5.73 Å². The minimum Gasteiger partial charge on any atom is -0.496 e. The van der Waals surface area contributed by atoms with E-state index in [9.17, 15) is 4.79 Å². The molecule has 1 aliphatic rings. The van der Waals surface area contributed by atoms with Crippen molar-refractivity contribution in [2.45, 2.75) is 44.1 Å². The Morgan fingerprint density at radius 2 is 2.12 bits per heavy atom. The topological polar surface area (TPSA) is 91.2 Å². The highest BCUT2D eigenvalue weighted by Gasteiger charge is 2.35. The zero-order chi connectivity index (χ0) is 17.2. The molecule has 0 aliphatic heterocycles. The number of aryl methyl sites for hydroxylation is 1. The average Bonchev–Trinajstić information content (AvgIpc) is 3.22. The van der Waals surface area contributed by atoms with Crippen molar-refractivity contribution >= 4 is 34.1 Å².